The van der Waals surface area contributed by atoms with E-state index >= 15 is 0 Å². The van der Waals surface area contributed by atoms with Crippen LogP contribution in [-0.4, -0.2) is 12.1 Å². The van der Waals surface area contributed by atoms with Crippen LogP contribution in [0.2, 0.25) is 0 Å². The summed E-state index contributed by atoms with van der Waals surface area (Å²) in [5.41, 5.74) is 1.29. The van der Waals surface area contributed by atoms with E-state index in [2.05, 4.69) is 4.98 Å². The molecule has 0 spiro atoms. The predicted molar refractivity (Wildman–Crippen MR) is 40.2 cm³/mol. The Morgan fingerprint density at radius 2 is 2.36 bits per heavy atom. The van der Waals surface area contributed by atoms with Crippen LogP contribution in [0.15, 0.2) is 12.3 Å². The summed E-state index contributed by atoms with van der Waals surface area (Å²) in [7, 11) is 1.55. The molecule has 0 saturated heterocycles. The normalized spacial score (nSPS) is 8.82. The number of hydrogen-bond donors (Lipinski definition) is 0. The molecule has 0 amide bonds. The minimum atomic E-state index is 0.560. The molecule has 3 heteroatoms. The van der Waals surface area contributed by atoms with Gasteiger partial charge in [-0.25, -0.2) is 0 Å². The Bertz CT molecular complexity index is 301. The number of aromatic nitrogens is 1. The van der Waals surface area contributed by atoms with Crippen molar-refractivity contribution >= 4 is 0 Å². The van der Waals surface area contributed by atoms with Crippen LogP contribution in [0.4, 0.5) is 0 Å². The van der Waals surface area contributed by atoms with E-state index < -0.39 is 0 Å². The second-order valence-electron chi connectivity index (χ2n) is 2.12. The predicted octanol–water partition coefficient (Wildman–Crippen LogP) is 1.27. The zero-order chi connectivity index (χ0) is 8.27. The van der Waals surface area contributed by atoms with Crippen LogP contribution in [-0.2, 0) is 0 Å². The van der Waals surface area contributed by atoms with Gasteiger partial charge in [-0.2, -0.15) is 5.26 Å². The van der Waals surface area contributed by atoms with Gasteiger partial charge in [0.05, 0.1) is 24.6 Å². The lowest BCUT2D eigenvalue weighted by atomic mass is 10.2. The van der Waals surface area contributed by atoms with E-state index in [4.69, 9.17) is 10.00 Å². The highest BCUT2D eigenvalue weighted by Gasteiger charge is 1.99. The fourth-order valence-corrected chi connectivity index (χ4v) is 0.739. The van der Waals surface area contributed by atoms with E-state index in [1.54, 1.807) is 26.3 Å². The number of nitriles is 1. The topological polar surface area (TPSA) is 45.9 Å². The molecule has 0 aliphatic carbocycles. The van der Waals surface area contributed by atoms with E-state index in [0.29, 0.717) is 11.3 Å². The first kappa shape index (κ1) is 7.55. The van der Waals surface area contributed by atoms with Gasteiger partial charge in [0.15, 0.2) is 0 Å². The number of aryl methyl sites for hydroxylation is 1. The van der Waals surface area contributed by atoms with Crippen molar-refractivity contribution in [2.24, 2.45) is 0 Å². The lowest BCUT2D eigenvalue weighted by Gasteiger charge is -1.99. The molecule has 0 atom stereocenters. The summed E-state index contributed by atoms with van der Waals surface area (Å²) < 4.78 is 4.90. The van der Waals surface area contributed by atoms with Crippen molar-refractivity contribution in [2.75, 3.05) is 7.11 Å². The number of ether oxygens (including phenoxy) is 1. The van der Waals surface area contributed by atoms with Gasteiger partial charge in [0.2, 0.25) is 0 Å². The highest BCUT2D eigenvalue weighted by Crippen LogP contribution is 2.12. The summed E-state index contributed by atoms with van der Waals surface area (Å²) in [6.07, 6.45) is 1.59. The summed E-state index contributed by atoms with van der Waals surface area (Å²) in [5, 5.41) is 8.59. The second-order valence-corrected chi connectivity index (χ2v) is 2.12. The third-order valence-corrected chi connectivity index (χ3v) is 1.42. The van der Waals surface area contributed by atoms with Gasteiger partial charge in [-0.1, -0.05) is 0 Å². The molecule has 56 valence electrons. The molecule has 0 radical (unpaired) electrons. The van der Waals surface area contributed by atoms with Crippen LogP contribution in [0, 0.1) is 18.3 Å². The molecule has 0 aliphatic rings. The van der Waals surface area contributed by atoms with Crippen LogP contribution >= 0.6 is 0 Å². The SMILES string of the molecule is COc1cnc(C)c(C#N)c1. The lowest BCUT2D eigenvalue weighted by molar-refractivity contribution is 0.412. The number of nitrogens with zero attached hydrogens (tertiary/aromatic N) is 2. The zero-order valence-electron chi connectivity index (χ0n) is 6.46. The van der Waals surface area contributed by atoms with Crippen molar-refractivity contribution in [1.29, 1.82) is 5.26 Å². The fraction of sp³-hybridized carbons (Fsp3) is 0.250. The maximum atomic E-state index is 8.59. The third kappa shape index (κ3) is 1.47. The van der Waals surface area contributed by atoms with Gasteiger partial charge in [-0.05, 0) is 6.92 Å². The van der Waals surface area contributed by atoms with Gasteiger partial charge in [-0.3, -0.25) is 4.98 Å². The van der Waals surface area contributed by atoms with E-state index in [1.807, 2.05) is 6.07 Å². The second kappa shape index (κ2) is 3.02. The zero-order valence-corrected chi connectivity index (χ0v) is 6.46. The first-order valence-corrected chi connectivity index (χ1v) is 3.18. The van der Waals surface area contributed by atoms with Gasteiger partial charge >= 0.3 is 0 Å². The Labute approximate surface area is 65.3 Å². The molecule has 1 aromatic rings. The Morgan fingerprint density at radius 1 is 1.64 bits per heavy atom. The molecule has 0 saturated carbocycles. The van der Waals surface area contributed by atoms with Gasteiger partial charge in [0.25, 0.3) is 0 Å². The molecule has 3 nitrogen and oxygen atoms in total. The summed E-state index contributed by atoms with van der Waals surface area (Å²) in [5.74, 6) is 0.618. The summed E-state index contributed by atoms with van der Waals surface area (Å²) in [6.45, 7) is 1.79. The number of methoxy groups -OCH3 is 1. The van der Waals surface area contributed by atoms with Gasteiger partial charge in [0, 0.05) is 6.07 Å². The Hall–Kier alpha value is -1.56. The van der Waals surface area contributed by atoms with Crippen molar-refractivity contribution in [1.82, 2.24) is 4.98 Å². The van der Waals surface area contributed by atoms with Crippen LogP contribution in [0.1, 0.15) is 11.3 Å². The summed E-state index contributed by atoms with van der Waals surface area (Å²) in [4.78, 5) is 3.97. The molecule has 1 aromatic heterocycles. The molecule has 1 heterocycles. The van der Waals surface area contributed by atoms with Crippen molar-refractivity contribution in [2.45, 2.75) is 6.92 Å². The average Bonchev–Trinajstić information content (AvgIpc) is 2.05. The summed E-state index contributed by atoms with van der Waals surface area (Å²) >= 11 is 0. The van der Waals surface area contributed by atoms with Crippen LogP contribution in [0.3, 0.4) is 0 Å². The molecular weight excluding hydrogens is 140 g/mol. The molecule has 0 aromatic carbocycles. The van der Waals surface area contributed by atoms with Crippen molar-refractivity contribution in [3.05, 3.63) is 23.5 Å². The highest BCUT2D eigenvalue weighted by molar-refractivity contribution is 5.37. The molecule has 1 rings (SSSR count). The minimum absolute atomic E-state index is 0.560. The molecular formula is C8H8N2O. The quantitative estimate of drug-likeness (QED) is 0.602. The highest BCUT2D eigenvalue weighted by atomic mass is 16.5. The van der Waals surface area contributed by atoms with Gasteiger partial charge in [-0.15, -0.1) is 0 Å². The van der Waals surface area contributed by atoms with Crippen molar-refractivity contribution in [3.8, 4) is 11.8 Å². The Kier molecular flexibility index (Phi) is 2.07. The van der Waals surface area contributed by atoms with Crippen LogP contribution < -0.4 is 4.74 Å². The van der Waals surface area contributed by atoms with Crippen molar-refractivity contribution < 1.29 is 4.74 Å². The minimum Gasteiger partial charge on any atom is -0.495 e. The van der Waals surface area contributed by atoms with E-state index in [-0.39, 0.29) is 0 Å². The molecule has 0 aliphatic heterocycles. The largest absolute Gasteiger partial charge is 0.495 e. The lowest BCUT2D eigenvalue weighted by Crippen LogP contribution is -1.90. The van der Waals surface area contributed by atoms with Gasteiger partial charge < -0.3 is 4.74 Å². The van der Waals surface area contributed by atoms with Crippen LogP contribution in [0.25, 0.3) is 0 Å². The number of hydrogen-bond acceptors (Lipinski definition) is 3. The molecule has 0 N–H and O–H groups in total. The maximum absolute atomic E-state index is 8.59. The maximum Gasteiger partial charge on any atom is 0.138 e. The standard InChI is InChI=1S/C8H8N2O/c1-6-7(4-9)3-8(11-2)5-10-6/h3,5H,1-2H3. The first-order chi connectivity index (χ1) is 5.27. The van der Waals surface area contributed by atoms with E-state index in [9.17, 15) is 0 Å². The molecule has 0 bridgehead atoms. The van der Waals surface area contributed by atoms with E-state index in [0.717, 1.165) is 5.69 Å². The smallest absolute Gasteiger partial charge is 0.138 e. The fourth-order valence-electron chi connectivity index (χ4n) is 0.739. The molecule has 0 fully saturated rings. The number of rotatable bonds is 1. The average molecular weight is 148 g/mol. The third-order valence-electron chi connectivity index (χ3n) is 1.42. The Balaban J connectivity index is 3.15. The van der Waals surface area contributed by atoms with Crippen LogP contribution in [0.5, 0.6) is 5.75 Å². The first-order valence-electron chi connectivity index (χ1n) is 3.18. The number of pyridine rings is 1. The monoisotopic (exact) mass is 148 g/mol. The van der Waals surface area contributed by atoms with Gasteiger partial charge in [0.1, 0.15) is 11.8 Å². The molecule has 0 unspecified atom stereocenters. The molecule has 11 heavy (non-hydrogen) atoms. The van der Waals surface area contributed by atoms with Crippen molar-refractivity contribution in [3.63, 3.8) is 0 Å². The Morgan fingerprint density at radius 3 is 2.91 bits per heavy atom. The van der Waals surface area contributed by atoms with E-state index in [1.165, 1.54) is 0 Å². The summed E-state index contributed by atoms with van der Waals surface area (Å²) in [6, 6.07) is 3.70.